The summed E-state index contributed by atoms with van der Waals surface area (Å²) in [4.78, 5) is 12.4. The topological polar surface area (TPSA) is 31.2 Å². The van der Waals surface area contributed by atoms with Gasteiger partial charge in [0.05, 0.1) is 5.52 Å². The lowest BCUT2D eigenvalue weighted by molar-refractivity contribution is 0.0544. The number of allylic oxidation sites excluding steroid dienone is 2. The van der Waals surface area contributed by atoms with E-state index >= 15 is 0 Å². The molecular weight excluding hydrogens is 262 g/mol. The second kappa shape index (κ2) is 5.76. The van der Waals surface area contributed by atoms with Gasteiger partial charge in [0.2, 0.25) is 0 Å². The van der Waals surface area contributed by atoms with Crippen molar-refractivity contribution in [3.63, 3.8) is 0 Å². The molecule has 0 saturated heterocycles. The van der Waals surface area contributed by atoms with Crippen LogP contribution in [0.15, 0.2) is 42.1 Å². The van der Waals surface area contributed by atoms with Crippen molar-refractivity contribution in [2.24, 2.45) is 0 Å². The molecule has 0 fully saturated rings. The first-order valence-corrected chi connectivity index (χ1v) is 7.23. The highest BCUT2D eigenvalue weighted by atomic mass is 16.6. The molecule has 0 atom stereocenters. The fourth-order valence-electron chi connectivity index (χ4n) is 2.19. The molecule has 1 aromatic carbocycles. The van der Waals surface area contributed by atoms with E-state index in [1.54, 1.807) is 4.57 Å². The van der Waals surface area contributed by atoms with Crippen molar-refractivity contribution in [3.8, 4) is 0 Å². The fourth-order valence-corrected chi connectivity index (χ4v) is 2.19. The summed E-state index contributed by atoms with van der Waals surface area (Å²) in [5.74, 6) is 0. The third-order valence-electron chi connectivity index (χ3n) is 3.11. The van der Waals surface area contributed by atoms with Gasteiger partial charge in [-0.2, -0.15) is 0 Å². The minimum absolute atomic E-state index is 0.331. The quantitative estimate of drug-likeness (QED) is 0.732. The van der Waals surface area contributed by atoms with E-state index in [1.807, 2.05) is 51.2 Å². The summed E-state index contributed by atoms with van der Waals surface area (Å²) in [6.45, 7) is 9.78. The largest absolute Gasteiger partial charge is 0.443 e. The second-order valence-electron chi connectivity index (χ2n) is 6.51. The minimum atomic E-state index is -0.497. The summed E-state index contributed by atoms with van der Waals surface area (Å²) < 4.78 is 7.09. The standard InChI is InChI=1S/C18H23NO2/c1-13(2)10-11-14-12-19(17(20)21-18(3,4)5)16-9-7-6-8-15(14)16/h6-10,12H,11H2,1-5H3. The van der Waals surface area contributed by atoms with Gasteiger partial charge in [0.15, 0.2) is 0 Å². The number of carbonyl (C=O) groups is 1. The zero-order chi connectivity index (χ0) is 15.6. The highest BCUT2D eigenvalue weighted by molar-refractivity contribution is 5.92. The first kappa shape index (κ1) is 15.4. The van der Waals surface area contributed by atoms with Crippen LogP contribution in [-0.4, -0.2) is 16.3 Å². The van der Waals surface area contributed by atoms with Crippen LogP contribution in [0.4, 0.5) is 4.79 Å². The smallest absolute Gasteiger partial charge is 0.419 e. The molecular formula is C18H23NO2. The molecule has 1 aromatic heterocycles. The molecule has 3 nitrogen and oxygen atoms in total. The molecule has 0 bridgehead atoms. The zero-order valence-corrected chi connectivity index (χ0v) is 13.4. The predicted octanol–water partition coefficient (Wildman–Crippen LogP) is 4.93. The Morgan fingerprint density at radius 1 is 1.24 bits per heavy atom. The molecule has 21 heavy (non-hydrogen) atoms. The van der Waals surface area contributed by atoms with Crippen LogP contribution in [-0.2, 0) is 11.2 Å². The Kier molecular flexibility index (Phi) is 4.21. The van der Waals surface area contributed by atoms with Crippen molar-refractivity contribution in [2.45, 2.75) is 46.6 Å². The summed E-state index contributed by atoms with van der Waals surface area (Å²) in [7, 11) is 0. The summed E-state index contributed by atoms with van der Waals surface area (Å²) in [6, 6.07) is 7.93. The van der Waals surface area contributed by atoms with E-state index in [2.05, 4.69) is 19.9 Å². The first-order valence-electron chi connectivity index (χ1n) is 7.23. The van der Waals surface area contributed by atoms with Crippen molar-refractivity contribution in [1.82, 2.24) is 4.57 Å². The third-order valence-corrected chi connectivity index (χ3v) is 3.11. The van der Waals surface area contributed by atoms with Crippen molar-refractivity contribution in [2.75, 3.05) is 0 Å². The molecule has 0 aliphatic rings. The maximum Gasteiger partial charge on any atom is 0.419 e. The molecule has 2 aromatic rings. The monoisotopic (exact) mass is 285 g/mol. The maximum absolute atomic E-state index is 12.4. The van der Waals surface area contributed by atoms with E-state index in [1.165, 1.54) is 5.57 Å². The zero-order valence-electron chi connectivity index (χ0n) is 13.4. The van der Waals surface area contributed by atoms with E-state index < -0.39 is 5.60 Å². The van der Waals surface area contributed by atoms with Gasteiger partial charge in [-0.15, -0.1) is 0 Å². The van der Waals surface area contributed by atoms with Crippen molar-refractivity contribution < 1.29 is 9.53 Å². The Labute approximate surface area is 126 Å². The molecule has 0 saturated carbocycles. The number of hydrogen-bond donors (Lipinski definition) is 0. The van der Waals surface area contributed by atoms with E-state index in [0.717, 1.165) is 22.9 Å². The van der Waals surface area contributed by atoms with E-state index in [0.29, 0.717) is 0 Å². The molecule has 3 heteroatoms. The molecule has 0 N–H and O–H groups in total. The number of carbonyl (C=O) groups excluding carboxylic acids is 1. The Morgan fingerprint density at radius 3 is 2.52 bits per heavy atom. The number of ether oxygens (including phenoxy) is 1. The summed E-state index contributed by atoms with van der Waals surface area (Å²) in [5, 5.41) is 1.10. The Bertz CT molecular complexity index is 683. The Morgan fingerprint density at radius 2 is 1.90 bits per heavy atom. The van der Waals surface area contributed by atoms with Crippen LogP contribution in [0.3, 0.4) is 0 Å². The average molecular weight is 285 g/mol. The third kappa shape index (κ3) is 3.75. The number of rotatable bonds is 2. The molecule has 1 heterocycles. The van der Waals surface area contributed by atoms with Crippen LogP contribution >= 0.6 is 0 Å². The Balaban J connectivity index is 2.45. The lowest BCUT2D eigenvalue weighted by Crippen LogP contribution is -2.26. The minimum Gasteiger partial charge on any atom is -0.443 e. The molecule has 2 rings (SSSR count). The SMILES string of the molecule is CC(C)=CCc1cn(C(=O)OC(C)(C)C)c2ccccc12. The van der Waals surface area contributed by atoms with Gasteiger partial charge in [0.25, 0.3) is 0 Å². The van der Waals surface area contributed by atoms with Gasteiger partial charge in [0.1, 0.15) is 5.60 Å². The summed E-state index contributed by atoms with van der Waals surface area (Å²) in [6.07, 6.45) is 4.54. The molecule has 0 amide bonds. The highest BCUT2D eigenvalue weighted by Crippen LogP contribution is 2.23. The number of para-hydroxylation sites is 1. The lowest BCUT2D eigenvalue weighted by atomic mass is 10.1. The fraction of sp³-hybridized carbons (Fsp3) is 0.389. The van der Waals surface area contributed by atoms with Crippen LogP contribution in [0.5, 0.6) is 0 Å². The number of aromatic nitrogens is 1. The summed E-state index contributed by atoms with van der Waals surface area (Å²) in [5.41, 5.74) is 2.80. The van der Waals surface area contributed by atoms with E-state index in [-0.39, 0.29) is 6.09 Å². The molecule has 0 unspecified atom stereocenters. The number of fused-ring (bicyclic) bond motifs is 1. The van der Waals surface area contributed by atoms with Gasteiger partial charge in [-0.1, -0.05) is 29.8 Å². The van der Waals surface area contributed by atoms with Gasteiger partial charge < -0.3 is 4.74 Å². The molecule has 0 aliphatic heterocycles. The van der Waals surface area contributed by atoms with Gasteiger partial charge >= 0.3 is 6.09 Å². The van der Waals surface area contributed by atoms with Crippen LogP contribution in [0.1, 0.15) is 40.2 Å². The highest BCUT2D eigenvalue weighted by Gasteiger charge is 2.20. The Hall–Kier alpha value is -2.03. The molecule has 0 radical (unpaired) electrons. The molecule has 0 aliphatic carbocycles. The average Bonchev–Trinajstić information content (AvgIpc) is 2.73. The van der Waals surface area contributed by atoms with Crippen LogP contribution in [0.2, 0.25) is 0 Å². The number of hydrogen-bond acceptors (Lipinski definition) is 2. The number of nitrogens with zero attached hydrogens (tertiary/aromatic N) is 1. The van der Waals surface area contributed by atoms with Gasteiger partial charge in [0, 0.05) is 11.6 Å². The van der Waals surface area contributed by atoms with E-state index in [9.17, 15) is 4.79 Å². The van der Waals surface area contributed by atoms with Crippen LogP contribution < -0.4 is 0 Å². The first-order chi connectivity index (χ1) is 9.78. The molecule has 112 valence electrons. The summed E-state index contributed by atoms with van der Waals surface area (Å²) >= 11 is 0. The van der Waals surface area contributed by atoms with Crippen LogP contribution in [0, 0.1) is 0 Å². The second-order valence-corrected chi connectivity index (χ2v) is 6.51. The van der Waals surface area contributed by atoms with Gasteiger partial charge in [-0.3, -0.25) is 4.57 Å². The van der Waals surface area contributed by atoms with Gasteiger partial charge in [-0.25, -0.2) is 4.79 Å². The lowest BCUT2D eigenvalue weighted by Gasteiger charge is -2.19. The predicted molar refractivity (Wildman–Crippen MR) is 86.7 cm³/mol. The van der Waals surface area contributed by atoms with E-state index in [4.69, 9.17) is 4.74 Å². The number of benzene rings is 1. The maximum atomic E-state index is 12.4. The normalized spacial score (nSPS) is 11.5. The van der Waals surface area contributed by atoms with Crippen molar-refractivity contribution in [3.05, 3.63) is 47.7 Å². The molecule has 0 spiro atoms. The van der Waals surface area contributed by atoms with Crippen molar-refractivity contribution in [1.29, 1.82) is 0 Å². The van der Waals surface area contributed by atoms with Crippen molar-refractivity contribution >= 4 is 17.0 Å². The van der Waals surface area contributed by atoms with Crippen LogP contribution in [0.25, 0.3) is 10.9 Å². The van der Waals surface area contributed by atoms with Gasteiger partial charge in [-0.05, 0) is 52.7 Å².